The zero-order valence-corrected chi connectivity index (χ0v) is 8.51. The fourth-order valence-electron chi connectivity index (χ4n) is 1.34. The number of nitrogens with zero attached hydrogens (tertiary/aromatic N) is 2. The van der Waals surface area contributed by atoms with Crippen molar-refractivity contribution < 1.29 is 14.6 Å². The van der Waals surface area contributed by atoms with Gasteiger partial charge in [0.1, 0.15) is 0 Å². The normalized spacial score (nSPS) is 20.3. The maximum absolute atomic E-state index is 10.4. The highest BCUT2D eigenvalue weighted by Gasteiger charge is 2.26. The molecule has 0 amide bonds. The fraction of sp³-hybridized carbons (Fsp3) is 0.667. The summed E-state index contributed by atoms with van der Waals surface area (Å²) in [5, 5.41) is 8.53. The molecule has 0 saturated carbocycles. The summed E-state index contributed by atoms with van der Waals surface area (Å²) in [6.07, 6.45) is 4.02. The summed E-state index contributed by atoms with van der Waals surface area (Å²) >= 11 is 0. The lowest BCUT2D eigenvalue weighted by Gasteiger charge is -2.28. The van der Waals surface area contributed by atoms with Crippen molar-refractivity contribution in [2.45, 2.75) is 26.1 Å². The molecule has 5 nitrogen and oxygen atoms in total. The Morgan fingerprint density at radius 1 is 1.57 bits per heavy atom. The van der Waals surface area contributed by atoms with Crippen molar-refractivity contribution in [3.05, 3.63) is 12.4 Å². The topological polar surface area (TPSA) is 53.0 Å². The Labute approximate surface area is 83.6 Å². The minimum Gasteiger partial charge on any atom is -0.450 e. The molecule has 0 aromatic carbocycles. The molecule has 0 saturated heterocycles. The van der Waals surface area contributed by atoms with E-state index in [1.807, 2.05) is 17.3 Å². The van der Waals surface area contributed by atoms with Gasteiger partial charge in [-0.1, -0.05) is 13.3 Å². The van der Waals surface area contributed by atoms with E-state index >= 15 is 0 Å². The van der Waals surface area contributed by atoms with Crippen LogP contribution < -0.4 is 0 Å². The monoisotopic (exact) mass is 200 g/mol. The number of ether oxygens (including phenoxy) is 1. The Balaban J connectivity index is 2.47. The van der Waals surface area contributed by atoms with E-state index in [-0.39, 0.29) is 0 Å². The smallest absolute Gasteiger partial charge is 0.450 e. The van der Waals surface area contributed by atoms with Gasteiger partial charge in [0.2, 0.25) is 0 Å². The van der Waals surface area contributed by atoms with E-state index in [2.05, 4.69) is 6.92 Å². The van der Waals surface area contributed by atoms with E-state index in [4.69, 9.17) is 9.84 Å². The molecule has 0 fully saturated rings. The van der Waals surface area contributed by atoms with Gasteiger partial charge in [-0.2, -0.15) is 0 Å². The largest absolute Gasteiger partial charge is 0.509 e. The van der Waals surface area contributed by atoms with Gasteiger partial charge in [0.05, 0.1) is 0 Å². The van der Waals surface area contributed by atoms with E-state index in [9.17, 15) is 4.79 Å². The molecule has 1 rings (SSSR count). The molecule has 1 heterocycles. The Kier molecular flexibility index (Phi) is 3.62. The maximum Gasteiger partial charge on any atom is 0.509 e. The molecule has 5 heteroatoms. The molecule has 1 atom stereocenters. The highest BCUT2D eigenvalue weighted by Crippen LogP contribution is 2.15. The van der Waals surface area contributed by atoms with Crippen LogP contribution in [0.15, 0.2) is 12.4 Å². The van der Waals surface area contributed by atoms with Gasteiger partial charge in [0.15, 0.2) is 0 Å². The van der Waals surface area contributed by atoms with Crippen LogP contribution >= 0.6 is 0 Å². The molecule has 1 aliphatic heterocycles. The van der Waals surface area contributed by atoms with Gasteiger partial charge in [-0.05, 0) is 6.42 Å². The van der Waals surface area contributed by atoms with Crippen LogP contribution in [0.25, 0.3) is 0 Å². The number of unbranched alkanes of at least 4 members (excludes halogenated alkanes) is 1. The summed E-state index contributed by atoms with van der Waals surface area (Å²) in [6.45, 7) is 2.91. The first-order chi connectivity index (χ1) is 6.65. The van der Waals surface area contributed by atoms with Crippen LogP contribution in [-0.2, 0) is 4.74 Å². The first-order valence-corrected chi connectivity index (χ1v) is 4.70. The van der Waals surface area contributed by atoms with Crippen LogP contribution in [-0.4, -0.2) is 41.0 Å². The quantitative estimate of drug-likeness (QED) is 0.697. The zero-order chi connectivity index (χ0) is 10.6. The van der Waals surface area contributed by atoms with E-state index in [0.717, 1.165) is 19.4 Å². The van der Waals surface area contributed by atoms with E-state index in [1.165, 1.54) is 0 Å². The number of rotatable bonds is 4. The molecule has 1 unspecified atom stereocenters. The second-order valence-electron chi connectivity index (χ2n) is 3.27. The standard InChI is InChI=1S/C9H16N2O3/c1-3-4-5-11-7-6-10(2)8(11)14-9(12)13/h6-8H,3-5H2,1-2H3,(H,12,13). The summed E-state index contributed by atoms with van der Waals surface area (Å²) in [5.41, 5.74) is 0. The molecule has 0 spiro atoms. The van der Waals surface area contributed by atoms with Crippen LogP contribution in [0.5, 0.6) is 0 Å². The van der Waals surface area contributed by atoms with E-state index in [0.29, 0.717) is 0 Å². The SMILES string of the molecule is CCCCN1C=CN(C)C1OC(=O)O. The van der Waals surface area contributed by atoms with Crippen LogP contribution in [0.3, 0.4) is 0 Å². The lowest BCUT2D eigenvalue weighted by molar-refractivity contribution is -0.0676. The third-order valence-electron chi connectivity index (χ3n) is 2.10. The van der Waals surface area contributed by atoms with Gasteiger partial charge in [-0.3, -0.25) is 0 Å². The second kappa shape index (κ2) is 4.74. The predicted octanol–water partition coefficient (Wildman–Crippen LogP) is 1.48. The van der Waals surface area contributed by atoms with Crippen LogP contribution in [0.1, 0.15) is 19.8 Å². The van der Waals surface area contributed by atoms with Crippen LogP contribution in [0, 0.1) is 0 Å². The first-order valence-electron chi connectivity index (χ1n) is 4.70. The third kappa shape index (κ3) is 2.55. The summed E-state index contributed by atoms with van der Waals surface area (Å²) in [6, 6.07) is 0. The van der Waals surface area contributed by atoms with Crippen molar-refractivity contribution in [2.75, 3.05) is 13.6 Å². The molecule has 0 bridgehead atoms. The Morgan fingerprint density at radius 3 is 2.86 bits per heavy atom. The van der Waals surface area contributed by atoms with Crippen molar-refractivity contribution in [3.8, 4) is 0 Å². The number of hydrogen-bond donors (Lipinski definition) is 1. The van der Waals surface area contributed by atoms with Crippen molar-refractivity contribution >= 4 is 6.16 Å². The molecule has 80 valence electrons. The molecule has 0 aromatic heterocycles. The van der Waals surface area contributed by atoms with Gasteiger partial charge < -0.3 is 19.6 Å². The van der Waals surface area contributed by atoms with Crippen molar-refractivity contribution in [1.82, 2.24) is 9.80 Å². The molecule has 0 aromatic rings. The molecule has 0 radical (unpaired) electrons. The minimum absolute atomic E-state index is 0.501. The molecule has 1 N–H and O–H groups in total. The second-order valence-corrected chi connectivity index (χ2v) is 3.27. The lowest BCUT2D eigenvalue weighted by Crippen LogP contribution is -2.40. The fourth-order valence-corrected chi connectivity index (χ4v) is 1.34. The summed E-state index contributed by atoms with van der Waals surface area (Å²) in [7, 11) is 1.79. The summed E-state index contributed by atoms with van der Waals surface area (Å²) in [4.78, 5) is 14.0. The lowest BCUT2D eigenvalue weighted by atomic mass is 10.3. The highest BCUT2D eigenvalue weighted by molar-refractivity contribution is 5.57. The number of carboxylic acid groups (broad SMARTS) is 1. The average molecular weight is 200 g/mol. The zero-order valence-electron chi connectivity index (χ0n) is 8.51. The Hall–Kier alpha value is -1.39. The van der Waals surface area contributed by atoms with Crippen LogP contribution in [0.2, 0.25) is 0 Å². The van der Waals surface area contributed by atoms with Gasteiger partial charge in [0, 0.05) is 26.0 Å². The van der Waals surface area contributed by atoms with E-state index < -0.39 is 12.5 Å². The van der Waals surface area contributed by atoms with Gasteiger partial charge >= 0.3 is 6.16 Å². The molecular formula is C9H16N2O3. The number of hydrogen-bond acceptors (Lipinski definition) is 4. The molecular weight excluding hydrogens is 184 g/mol. The average Bonchev–Trinajstić information content (AvgIpc) is 2.45. The van der Waals surface area contributed by atoms with Crippen molar-refractivity contribution in [2.24, 2.45) is 0 Å². The van der Waals surface area contributed by atoms with Crippen molar-refractivity contribution in [3.63, 3.8) is 0 Å². The first kappa shape index (κ1) is 10.7. The summed E-state index contributed by atoms with van der Waals surface area (Å²) in [5.74, 6) is 0. The van der Waals surface area contributed by atoms with Gasteiger partial charge in [-0.25, -0.2) is 4.79 Å². The minimum atomic E-state index is -1.24. The Morgan fingerprint density at radius 2 is 2.29 bits per heavy atom. The maximum atomic E-state index is 10.4. The van der Waals surface area contributed by atoms with Gasteiger partial charge in [0.25, 0.3) is 6.35 Å². The predicted molar refractivity (Wildman–Crippen MR) is 51.4 cm³/mol. The van der Waals surface area contributed by atoms with E-state index in [1.54, 1.807) is 11.9 Å². The molecule has 1 aliphatic rings. The highest BCUT2D eigenvalue weighted by atomic mass is 16.7. The van der Waals surface area contributed by atoms with Gasteiger partial charge in [-0.15, -0.1) is 0 Å². The number of carbonyl (C=O) groups is 1. The third-order valence-corrected chi connectivity index (χ3v) is 2.10. The summed E-state index contributed by atoms with van der Waals surface area (Å²) < 4.78 is 4.74. The molecule has 14 heavy (non-hydrogen) atoms. The molecule has 0 aliphatic carbocycles. The van der Waals surface area contributed by atoms with Crippen molar-refractivity contribution in [1.29, 1.82) is 0 Å². The van der Waals surface area contributed by atoms with Crippen LogP contribution in [0.4, 0.5) is 4.79 Å². The Bertz CT molecular complexity index is 230.